The van der Waals surface area contributed by atoms with E-state index in [1.807, 2.05) is 17.0 Å². The lowest BCUT2D eigenvalue weighted by atomic mass is 10.2. The Morgan fingerprint density at radius 1 is 1.32 bits per heavy atom. The van der Waals surface area contributed by atoms with Crippen LogP contribution in [0.1, 0.15) is 35.4 Å². The monoisotopic (exact) mass is 344 g/mol. The van der Waals surface area contributed by atoms with Gasteiger partial charge in [0.05, 0.1) is 21.8 Å². The highest BCUT2D eigenvalue weighted by atomic mass is 79.9. The van der Waals surface area contributed by atoms with E-state index in [2.05, 4.69) is 15.9 Å². The number of amides is 1. The molecule has 4 nitrogen and oxygen atoms in total. The van der Waals surface area contributed by atoms with Gasteiger partial charge in [0, 0.05) is 6.04 Å². The summed E-state index contributed by atoms with van der Waals surface area (Å²) in [6.45, 7) is 0.448. The van der Waals surface area contributed by atoms with Gasteiger partial charge in [-0.2, -0.15) is 0 Å². The molecule has 0 unspecified atom stereocenters. The number of carbonyl (C=O) groups excluding carboxylic acids is 2. The van der Waals surface area contributed by atoms with E-state index in [0.29, 0.717) is 6.04 Å². The lowest BCUT2D eigenvalue weighted by molar-refractivity contribution is -0.119. The first-order valence-corrected chi connectivity index (χ1v) is 7.98. The fraction of sp³-hybridized carbons (Fsp3) is 0.538. The van der Waals surface area contributed by atoms with Crippen molar-refractivity contribution in [1.82, 2.24) is 4.90 Å². The van der Waals surface area contributed by atoms with Gasteiger partial charge in [0.25, 0.3) is 0 Å². The number of ketones is 1. The molecular formula is C13H17BrN2O2S. The molecular weight excluding hydrogens is 328 g/mol. The van der Waals surface area contributed by atoms with Gasteiger partial charge in [0.1, 0.15) is 0 Å². The largest absolute Gasteiger partial charge is 0.369 e. The summed E-state index contributed by atoms with van der Waals surface area (Å²) in [6.07, 6.45) is 4.43. The summed E-state index contributed by atoms with van der Waals surface area (Å²) in [5.41, 5.74) is 5.28. The lowest BCUT2D eigenvalue weighted by Crippen LogP contribution is -2.42. The van der Waals surface area contributed by atoms with E-state index in [1.165, 1.54) is 24.2 Å². The molecule has 0 radical (unpaired) electrons. The average molecular weight is 345 g/mol. The molecule has 104 valence electrons. The predicted molar refractivity (Wildman–Crippen MR) is 79.4 cm³/mol. The van der Waals surface area contributed by atoms with Gasteiger partial charge in [-0.15, -0.1) is 11.3 Å². The number of hydrogen-bond donors (Lipinski definition) is 1. The molecule has 1 amide bonds. The van der Waals surface area contributed by atoms with Gasteiger partial charge < -0.3 is 5.73 Å². The maximum Gasteiger partial charge on any atom is 0.231 e. The first-order chi connectivity index (χ1) is 9.06. The number of hydrogen-bond acceptors (Lipinski definition) is 4. The van der Waals surface area contributed by atoms with Crippen molar-refractivity contribution in [2.75, 3.05) is 13.1 Å². The number of primary amides is 1. The molecule has 2 rings (SSSR count). The quantitative estimate of drug-likeness (QED) is 0.806. The molecule has 1 aromatic rings. The van der Waals surface area contributed by atoms with E-state index < -0.39 is 0 Å². The number of carbonyl (C=O) groups is 2. The van der Waals surface area contributed by atoms with Crippen LogP contribution >= 0.6 is 27.3 Å². The molecule has 2 N–H and O–H groups in total. The van der Waals surface area contributed by atoms with Crippen LogP contribution in [0.15, 0.2) is 15.9 Å². The number of rotatable bonds is 6. The highest BCUT2D eigenvalue weighted by molar-refractivity contribution is 9.11. The second-order valence-electron chi connectivity index (χ2n) is 4.84. The first kappa shape index (κ1) is 14.7. The molecule has 19 heavy (non-hydrogen) atoms. The van der Waals surface area contributed by atoms with E-state index >= 15 is 0 Å². The van der Waals surface area contributed by atoms with Gasteiger partial charge in [-0.05, 0) is 40.9 Å². The van der Waals surface area contributed by atoms with Crippen molar-refractivity contribution in [2.24, 2.45) is 5.73 Å². The fourth-order valence-corrected chi connectivity index (χ4v) is 3.83. The highest BCUT2D eigenvalue weighted by Crippen LogP contribution is 2.25. The zero-order valence-electron chi connectivity index (χ0n) is 10.6. The van der Waals surface area contributed by atoms with Crippen LogP contribution in [0.25, 0.3) is 0 Å². The zero-order valence-corrected chi connectivity index (χ0v) is 13.0. The van der Waals surface area contributed by atoms with Crippen LogP contribution in [-0.2, 0) is 4.79 Å². The Labute approximate surface area is 125 Å². The summed E-state index contributed by atoms with van der Waals surface area (Å²) in [5.74, 6) is -0.309. The summed E-state index contributed by atoms with van der Waals surface area (Å²) >= 11 is 4.78. The normalized spacial score (nSPS) is 16.1. The van der Waals surface area contributed by atoms with Gasteiger partial charge in [0.2, 0.25) is 5.91 Å². The summed E-state index contributed by atoms with van der Waals surface area (Å²) in [6, 6.07) is 4.00. The predicted octanol–water partition coefficient (Wildman–Crippen LogP) is 2.42. The van der Waals surface area contributed by atoms with Crippen LogP contribution in [0.3, 0.4) is 0 Å². The molecule has 0 atom stereocenters. The lowest BCUT2D eigenvalue weighted by Gasteiger charge is -2.26. The van der Waals surface area contributed by atoms with Crippen molar-refractivity contribution in [3.63, 3.8) is 0 Å². The molecule has 1 fully saturated rings. The molecule has 0 bridgehead atoms. The van der Waals surface area contributed by atoms with Crippen molar-refractivity contribution >= 4 is 39.0 Å². The fourth-order valence-electron chi connectivity index (χ4n) is 2.51. The molecule has 0 spiro atoms. The van der Waals surface area contributed by atoms with Gasteiger partial charge in [-0.1, -0.05) is 12.8 Å². The Kier molecular flexibility index (Phi) is 5.13. The standard InChI is InChI=1S/C13H17BrN2O2S/c14-12-6-5-11(19-12)10(17)7-16(8-13(15)18)9-3-1-2-4-9/h5-6,9H,1-4,7-8H2,(H2,15,18). The van der Waals surface area contributed by atoms with E-state index in [1.54, 1.807) is 0 Å². The van der Waals surface area contributed by atoms with Crippen molar-refractivity contribution in [1.29, 1.82) is 0 Å². The Hall–Kier alpha value is -0.720. The number of halogens is 1. The van der Waals surface area contributed by atoms with Gasteiger partial charge in [-0.25, -0.2) is 0 Å². The van der Waals surface area contributed by atoms with Crippen LogP contribution in [0.5, 0.6) is 0 Å². The number of Topliss-reactive ketones (excluding diaryl/α,β-unsaturated/α-hetero) is 1. The smallest absolute Gasteiger partial charge is 0.231 e. The SMILES string of the molecule is NC(=O)CN(CC(=O)c1ccc(Br)s1)C1CCCC1. The Bertz CT molecular complexity index is 469. The van der Waals surface area contributed by atoms with Gasteiger partial charge in [-0.3, -0.25) is 14.5 Å². The topological polar surface area (TPSA) is 63.4 Å². The van der Waals surface area contributed by atoms with Crippen LogP contribution in [0.2, 0.25) is 0 Å². The second-order valence-corrected chi connectivity index (χ2v) is 7.30. The molecule has 1 saturated carbocycles. The Balaban J connectivity index is 2.02. The van der Waals surface area contributed by atoms with Crippen molar-refractivity contribution in [3.8, 4) is 0 Å². The molecule has 1 aliphatic rings. The summed E-state index contributed by atoms with van der Waals surface area (Å²) < 4.78 is 0.943. The number of thiophene rings is 1. The van der Waals surface area contributed by atoms with Crippen molar-refractivity contribution in [3.05, 3.63) is 20.8 Å². The Morgan fingerprint density at radius 2 is 2.00 bits per heavy atom. The number of nitrogens with two attached hydrogens (primary N) is 1. The zero-order chi connectivity index (χ0) is 13.8. The summed E-state index contributed by atoms with van der Waals surface area (Å²) in [5, 5.41) is 0. The molecule has 1 aromatic heterocycles. The molecule has 6 heteroatoms. The van der Waals surface area contributed by atoms with Crippen LogP contribution in [-0.4, -0.2) is 35.7 Å². The molecule has 0 aliphatic heterocycles. The summed E-state index contributed by atoms with van der Waals surface area (Å²) in [7, 11) is 0. The molecule has 0 saturated heterocycles. The van der Waals surface area contributed by atoms with Crippen LogP contribution < -0.4 is 5.73 Å². The third-order valence-electron chi connectivity index (χ3n) is 3.39. The maximum absolute atomic E-state index is 12.2. The second kappa shape index (κ2) is 6.63. The first-order valence-electron chi connectivity index (χ1n) is 6.37. The number of nitrogens with zero attached hydrogens (tertiary/aromatic N) is 1. The minimum atomic E-state index is -0.368. The van der Waals surface area contributed by atoms with Crippen molar-refractivity contribution in [2.45, 2.75) is 31.7 Å². The van der Waals surface area contributed by atoms with Crippen LogP contribution in [0.4, 0.5) is 0 Å². The maximum atomic E-state index is 12.2. The Morgan fingerprint density at radius 3 is 2.53 bits per heavy atom. The van der Waals surface area contributed by atoms with E-state index in [9.17, 15) is 9.59 Å². The minimum Gasteiger partial charge on any atom is -0.369 e. The van der Waals surface area contributed by atoms with E-state index in [-0.39, 0.29) is 24.8 Å². The van der Waals surface area contributed by atoms with Gasteiger partial charge in [0.15, 0.2) is 5.78 Å². The minimum absolute atomic E-state index is 0.0591. The third-order valence-corrected chi connectivity index (χ3v) is 5.06. The van der Waals surface area contributed by atoms with E-state index in [4.69, 9.17) is 5.73 Å². The third kappa shape index (κ3) is 4.12. The molecule has 0 aromatic carbocycles. The highest BCUT2D eigenvalue weighted by Gasteiger charge is 2.26. The van der Waals surface area contributed by atoms with E-state index in [0.717, 1.165) is 21.5 Å². The summed E-state index contributed by atoms with van der Waals surface area (Å²) in [4.78, 5) is 26.0. The van der Waals surface area contributed by atoms with Crippen molar-refractivity contribution < 1.29 is 9.59 Å². The average Bonchev–Trinajstić information content (AvgIpc) is 2.97. The van der Waals surface area contributed by atoms with Crippen LogP contribution in [0, 0.1) is 0 Å². The van der Waals surface area contributed by atoms with Gasteiger partial charge >= 0.3 is 0 Å². The molecule has 1 heterocycles. The molecule has 1 aliphatic carbocycles.